The zero-order chi connectivity index (χ0) is 28.6. The van der Waals surface area contributed by atoms with Gasteiger partial charge in [-0.15, -0.1) is 5.10 Å². The number of aromatic nitrogens is 6. The van der Waals surface area contributed by atoms with Crippen molar-refractivity contribution < 1.29 is 14.3 Å². The lowest BCUT2D eigenvalue weighted by Gasteiger charge is -2.45. The van der Waals surface area contributed by atoms with Gasteiger partial charge in [-0.1, -0.05) is 11.3 Å². The first-order chi connectivity index (χ1) is 20.5. The molecule has 7 heterocycles. The molecule has 12 nitrogen and oxygen atoms in total. The first-order valence-corrected chi connectivity index (χ1v) is 14.8. The maximum Gasteiger partial charge on any atom is 0.278 e. The number of nitrogens with zero attached hydrogens (tertiary/aromatic N) is 7. The molecule has 4 aromatic heterocycles. The molecule has 1 atom stereocenters. The number of ether oxygens (including phenoxy) is 1. The number of anilines is 1. The number of piperidine rings is 2. The summed E-state index contributed by atoms with van der Waals surface area (Å²) in [5.41, 5.74) is 4.08. The van der Waals surface area contributed by atoms with Crippen LogP contribution in [-0.2, 0) is 4.74 Å². The van der Waals surface area contributed by atoms with Gasteiger partial charge in [0.15, 0.2) is 5.69 Å². The van der Waals surface area contributed by atoms with Gasteiger partial charge in [0.05, 0.1) is 41.3 Å². The van der Waals surface area contributed by atoms with Gasteiger partial charge in [0.1, 0.15) is 0 Å². The van der Waals surface area contributed by atoms with Crippen molar-refractivity contribution in [2.75, 3.05) is 38.2 Å². The monoisotopic (exact) mass is 569 g/mol. The number of aryl methyl sites for hydroxylation is 1. The van der Waals surface area contributed by atoms with Crippen LogP contribution in [0.1, 0.15) is 64.7 Å². The summed E-state index contributed by atoms with van der Waals surface area (Å²) in [5, 5.41) is 18.7. The van der Waals surface area contributed by atoms with Crippen molar-refractivity contribution in [2.24, 2.45) is 5.92 Å². The van der Waals surface area contributed by atoms with Gasteiger partial charge in [-0.05, 0) is 57.1 Å². The lowest BCUT2D eigenvalue weighted by Crippen LogP contribution is -2.50. The van der Waals surface area contributed by atoms with Crippen LogP contribution in [0.25, 0.3) is 16.6 Å². The Bertz CT molecular complexity index is 1620. The van der Waals surface area contributed by atoms with Crippen LogP contribution in [0.2, 0.25) is 0 Å². The van der Waals surface area contributed by atoms with Crippen LogP contribution >= 0.6 is 0 Å². The molecule has 4 fully saturated rings. The molecule has 0 unspecified atom stereocenters. The molecule has 0 spiro atoms. The first kappa shape index (κ1) is 26.7. The Kier molecular flexibility index (Phi) is 7.16. The van der Waals surface area contributed by atoms with Crippen LogP contribution in [0.15, 0.2) is 43.0 Å². The van der Waals surface area contributed by atoms with Crippen LogP contribution < -0.4 is 10.6 Å². The van der Waals surface area contributed by atoms with Gasteiger partial charge in [0.25, 0.3) is 11.8 Å². The van der Waals surface area contributed by atoms with Crippen molar-refractivity contribution in [3.05, 3.63) is 59.9 Å². The third-order valence-corrected chi connectivity index (χ3v) is 8.95. The summed E-state index contributed by atoms with van der Waals surface area (Å²) >= 11 is 0. The summed E-state index contributed by atoms with van der Waals surface area (Å²) in [5.74, 6) is 0.185. The molecular weight excluding hydrogens is 534 g/mol. The average molecular weight is 570 g/mol. The third kappa shape index (κ3) is 5.27. The summed E-state index contributed by atoms with van der Waals surface area (Å²) < 4.78 is 9.00. The molecule has 8 rings (SSSR count). The molecule has 3 aliphatic heterocycles. The predicted octanol–water partition coefficient (Wildman–Crippen LogP) is 3.11. The fourth-order valence-corrected chi connectivity index (χ4v) is 6.47. The predicted molar refractivity (Wildman–Crippen MR) is 155 cm³/mol. The minimum absolute atomic E-state index is 0.186. The zero-order valence-corrected chi connectivity index (χ0v) is 23.7. The minimum Gasteiger partial charge on any atom is -0.379 e. The Labute approximate surface area is 243 Å². The number of hydrogen-bond acceptors (Lipinski definition) is 8. The highest BCUT2D eigenvalue weighted by Crippen LogP contribution is 2.34. The molecule has 0 aromatic carbocycles. The second-order valence-electron chi connectivity index (χ2n) is 11.6. The lowest BCUT2D eigenvalue weighted by atomic mass is 9.80. The number of hydrogen-bond donors (Lipinski definition) is 2. The van der Waals surface area contributed by atoms with Gasteiger partial charge in [-0.3, -0.25) is 24.2 Å². The average Bonchev–Trinajstić information content (AvgIpc) is 3.79. The highest BCUT2D eigenvalue weighted by Gasteiger charge is 2.33. The maximum atomic E-state index is 13.3. The summed E-state index contributed by atoms with van der Waals surface area (Å²) in [6, 6.07) is 6.32. The van der Waals surface area contributed by atoms with E-state index in [0.29, 0.717) is 41.7 Å². The van der Waals surface area contributed by atoms with Gasteiger partial charge in [0, 0.05) is 62.0 Å². The second-order valence-corrected chi connectivity index (χ2v) is 11.6. The van der Waals surface area contributed by atoms with Crippen LogP contribution in [0.5, 0.6) is 0 Å². The summed E-state index contributed by atoms with van der Waals surface area (Å²) in [4.78, 5) is 33.0. The quantitative estimate of drug-likeness (QED) is 0.331. The fraction of sp³-hybridized carbons (Fsp3) is 0.467. The number of amides is 2. The Balaban J connectivity index is 1.00. The summed E-state index contributed by atoms with van der Waals surface area (Å²) in [6.45, 7) is 5.79. The Morgan fingerprint density at radius 3 is 2.69 bits per heavy atom. The molecule has 4 aromatic rings. The molecule has 4 aliphatic rings. The highest BCUT2D eigenvalue weighted by atomic mass is 16.5. The maximum absolute atomic E-state index is 13.3. The van der Waals surface area contributed by atoms with E-state index < -0.39 is 5.91 Å². The fourth-order valence-electron chi connectivity index (χ4n) is 6.47. The number of carbonyl (C=O) groups excluding carboxylic acids is 2. The van der Waals surface area contributed by atoms with Gasteiger partial charge in [-0.2, -0.15) is 5.10 Å². The van der Waals surface area contributed by atoms with Gasteiger partial charge >= 0.3 is 0 Å². The van der Waals surface area contributed by atoms with E-state index in [9.17, 15) is 9.59 Å². The van der Waals surface area contributed by atoms with E-state index >= 15 is 0 Å². The van der Waals surface area contributed by atoms with Crippen molar-refractivity contribution >= 4 is 23.0 Å². The van der Waals surface area contributed by atoms with Gasteiger partial charge in [-0.25, -0.2) is 4.52 Å². The normalized spacial score (nSPS) is 22.1. The molecule has 218 valence electrons. The van der Waals surface area contributed by atoms with Crippen molar-refractivity contribution in [1.82, 2.24) is 39.8 Å². The van der Waals surface area contributed by atoms with Crippen LogP contribution in [0, 0.1) is 12.8 Å². The number of pyridine rings is 2. The Morgan fingerprint density at radius 1 is 1.02 bits per heavy atom. The molecule has 2 N–H and O–H groups in total. The topological polar surface area (TPSA) is 132 Å². The second kappa shape index (κ2) is 11.3. The smallest absolute Gasteiger partial charge is 0.278 e. The van der Waals surface area contributed by atoms with Crippen LogP contribution in [-0.4, -0.2) is 85.2 Å². The highest BCUT2D eigenvalue weighted by molar-refractivity contribution is 6.08. The molecule has 2 bridgehead atoms. The van der Waals surface area contributed by atoms with Crippen LogP contribution in [0.3, 0.4) is 0 Å². The van der Waals surface area contributed by atoms with E-state index in [1.807, 2.05) is 35.4 Å². The standard InChI is InChI=1S/C30H35N9O3/c1-19-26(12-22(13-32-19)29(40)31-9-10-37-15-20-2-5-24(37)6-3-20)34-30(41)28-27-7-4-21(16-39(27)36-35-28)23-14-33-38(17-23)25-8-11-42-18-25/h4,7,12-14,16-17,20,24-25H,2-3,5-6,8-11,15,18H2,1H3,(H,31,40)(H,34,41)/t20?,24?,25-/m1/s1. The summed E-state index contributed by atoms with van der Waals surface area (Å²) in [7, 11) is 0. The van der Waals surface area contributed by atoms with Crippen molar-refractivity contribution in [3.63, 3.8) is 0 Å². The first-order valence-electron chi connectivity index (χ1n) is 14.8. The largest absolute Gasteiger partial charge is 0.379 e. The van der Waals surface area contributed by atoms with Crippen molar-refractivity contribution in [3.8, 4) is 11.1 Å². The minimum atomic E-state index is -0.422. The number of nitrogens with one attached hydrogen (secondary N) is 2. The number of carbonyl (C=O) groups is 2. The lowest BCUT2D eigenvalue weighted by molar-refractivity contribution is 0.0494. The molecule has 0 radical (unpaired) electrons. The van der Waals surface area contributed by atoms with Gasteiger partial charge < -0.3 is 15.4 Å². The molecule has 1 saturated carbocycles. The molecular formula is C30H35N9O3. The van der Waals surface area contributed by atoms with E-state index in [2.05, 4.69) is 35.9 Å². The molecule has 3 saturated heterocycles. The molecule has 1 aliphatic carbocycles. The van der Waals surface area contributed by atoms with E-state index in [-0.39, 0.29) is 17.6 Å². The third-order valence-electron chi connectivity index (χ3n) is 8.95. The SMILES string of the molecule is Cc1ncc(C(=O)NCCN2CC3CCC2CC3)cc1NC(=O)c1nnn2cc(-c3cnn([C@@H]4CCOC4)c3)ccc12. The van der Waals surface area contributed by atoms with E-state index in [4.69, 9.17) is 4.74 Å². The van der Waals surface area contributed by atoms with Crippen molar-refractivity contribution in [1.29, 1.82) is 0 Å². The molecule has 12 heteroatoms. The van der Waals surface area contributed by atoms with E-state index in [1.165, 1.54) is 25.7 Å². The molecule has 2 amide bonds. The van der Waals surface area contributed by atoms with Crippen LogP contribution in [0.4, 0.5) is 5.69 Å². The van der Waals surface area contributed by atoms with E-state index in [1.54, 1.807) is 23.7 Å². The Hall–Kier alpha value is -4.16. The number of rotatable bonds is 8. The van der Waals surface area contributed by atoms with Crippen molar-refractivity contribution in [2.45, 2.75) is 51.1 Å². The zero-order valence-electron chi connectivity index (χ0n) is 23.7. The molecule has 42 heavy (non-hydrogen) atoms. The van der Waals surface area contributed by atoms with Gasteiger partial charge in [0.2, 0.25) is 0 Å². The summed E-state index contributed by atoms with van der Waals surface area (Å²) in [6.07, 6.45) is 13.4. The Morgan fingerprint density at radius 2 is 1.90 bits per heavy atom. The van der Waals surface area contributed by atoms with E-state index in [0.717, 1.165) is 43.2 Å². The number of fused-ring (bicyclic) bond motifs is 4.